The first-order chi connectivity index (χ1) is 11.6. The second-order valence-electron chi connectivity index (χ2n) is 7.06. The second kappa shape index (κ2) is 6.72. The van der Waals surface area contributed by atoms with Crippen LogP contribution in [0, 0.1) is 10.8 Å². The molecule has 1 atom stereocenters. The number of amides is 1. The average molecular weight is 363 g/mol. The Bertz CT molecular complexity index is 743. The first-order valence-electron chi connectivity index (χ1n) is 8.46. The predicted octanol–water partition coefficient (Wildman–Crippen LogP) is 1.48. The fraction of sp³-hybridized carbons (Fsp3) is 0.529. The molecule has 2 aromatic rings. The van der Waals surface area contributed by atoms with Gasteiger partial charge >= 0.3 is 0 Å². The Morgan fingerprint density at radius 3 is 2.72 bits per heavy atom. The Morgan fingerprint density at radius 2 is 2.00 bits per heavy atom. The summed E-state index contributed by atoms with van der Waals surface area (Å²) in [5.74, 6) is 0.755. The highest BCUT2D eigenvalue weighted by Crippen LogP contribution is 2.68. The smallest absolute Gasteiger partial charge is 0.226 e. The minimum atomic E-state index is -0.250. The SMILES string of the molecule is CC1(C(=O)NCc2nnnn2-c2ccccc2)CC12CCNCC2.Cl. The molecule has 134 valence electrons. The van der Waals surface area contributed by atoms with Gasteiger partial charge in [-0.3, -0.25) is 4.79 Å². The standard InChI is InChI=1S/C17H22N6O.ClH/c1-16(12-17(16)7-9-18-10-8-17)15(24)19-11-14-20-21-22-23(14)13-5-3-2-4-6-13;/h2-6,18H,7-12H2,1H3,(H,19,24);1H. The van der Waals surface area contributed by atoms with Crippen LogP contribution in [0.5, 0.6) is 0 Å². The van der Waals surface area contributed by atoms with Crippen molar-refractivity contribution in [3.8, 4) is 5.69 Å². The third-order valence-electron chi connectivity index (χ3n) is 5.74. The van der Waals surface area contributed by atoms with Crippen LogP contribution in [0.2, 0.25) is 0 Å². The molecule has 1 aromatic carbocycles. The lowest BCUT2D eigenvalue weighted by Gasteiger charge is -2.27. The number of para-hydroxylation sites is 1. The number of rotatable bonds is 4. The zero-order valence-electron chi connectivity index (χ0n) is 14.2. The van der Waals surface area contributed by atoms with E-state index in [2.05, 4.69) is 33.1 Å². The van der Waals surface area contributed by atoms with E-state index in [-0.39, 0.29) is 29.1 Å². The van der Waals surface area contributed by atoms with E-state index in [9.17, 15) is 4.79 Å². The molecule has 2 heterocycles. The van der Waals surface area contributed by atoms with Crippen LogP contribution >= 0.6 is 12.4 Å². The van der Waals surface area contributed by atoms with Crippen LogP contribution < -0.4 is 10.6 Å². The van der Waals surface area contributed by atoms with E-state index < -0.39 is 0 Å². The number of aromatic nitrogens is 4. The van der Waals surface area contributed by atoms with E-state index in [0.717, 1.165) is 38.0 Å². The van der Waals surface area contributed by atoms with E-state index >= 15 is 0 Å². The maximum Gasteiger partial charge on any atom is 0.226 e. The second-order valence-corrected chi connectivity index (χ2v) is 7.06. The van der Waals surface area contributed by atoms with Gasteiger partial charge in [-0.2, -0.15) is 4.68 Å². The maximum atomic E-state index is 12.7. The topological polar surface area (TPSA) is 84.7 Å². The summed E-state index contributed by atoms with van der Waals surface area (Å²) < 4.78 is 1.66. The molecule has 0 radical (unpaired) electrons. The van der Waals surface area contributed by atoms with Crippen molar-refractivity contribution in [3.63, 3.8) is 0 Å². The number of hydrogen-bond acceptors (Lipinski definition) is 5. The lowest BCUT2D eigenvalue weighted by Crippen LogP contribution is -2.38. The lowest BCUT2D eigenvalue weighted by molar-refractivity contribution is -0.127. The van der Waals surface area contributed by atoms with Crippen LogP contribution in [-0.4, -0.2) is 39.2 Å². The molecule has 1 aromatic heterocycles. The van der Waals surface area contributed by atoms with Gasteiger partial charge in [-0.15, -0.1) is 17.5 Å². The van der Waals surface area contributed by atoms with Crippen LogP contribution in [0.4, 0.5) is 0 Å². The number of tetrazole rings is 1. The molecule has 0 bridgehead atoms. The Balaban J connectivity index is 0.00000182. The van der Waals surface area contributed by atoms with Gasteiger partial charge in [0.05, 0.1) is 17.6 Å². The van der Waals surface area contributed by atoms with Gasteiger partial charge in [0.15, 0.2) is 5.82 Å². The highest BCUT2D eigenvalue weighted by molar-refractivity contribution is 5.86. The zero-order valence-corrected chi connectivity index (χ0v) is 15.1. The van der Waals surface area contributed by atoms with Gasteiger partial charge in [-0.1, -0.05) is 25.1 Å². The summed E-state index contributed by atoms with van der Waals surface area (Å²) in [6.45, 7) is 4.45. The quantitative estimate of drug-likeness (QED) is 0.860. The number of benzene rings is 1. The maximum absolute atomic E-state index is 12.7. The summed E-state index contributed by atoms with van der Waals surface area (Å²) in [5.41, 5.74) is 0.826. The Kier molecular flexibility index (Phi) is 4.79. The number of halogens is 1. The number of carbonyl (C=O) groups excluding carboxylic acids is 1. The fourth-order valence-corrected chi connectivity index (χ4v) is 4.03. The summed E-state index contributed by atoms with van der Waals surface area (Å²) in [4.78, 5) is 12.7. The molecule has 1 saturated heterocycles. The molecule has 2 aliphatic rings. The van der Waals surface area contributed by atoms with Crippen LogP contribution in [-0.2, 0) is 11.3 Å². The molecule has 1 aliphatic heterocycles. The number of hydrogen-bond donors (Lipinski definition) is 2. The molecular formula is C17H23ClN6O. The molecule has 1 aliphatic carbocycles. The summed E-state index contributed by atoms with van der Waals surface area (Å²) in [6, 6.07) is 9.69. The minimum absolute atomic E-state index is 0. The normalized spacial score (nSPS) is 23.7. The van der Waals surface area contributed by atoms with E-state index in [0.29, 0.717) is 12.4 Å². The minimum Gasteiger partial charge on any atom is -0.348 e. The van der Waals surface area contributed by atoms with Crippen molar-refractivity contribution in [1.82, 2.24) is 30.8 Å². The third kappa shape index (κ3) is 3.02. The van der Waals surface area contributed by atoms with Gasteiger partial charge in [0.2, 0.25) is 5.91 Å². The lowest BCUT2D eigenvalue weighted by atomic mass is 9.85. The molecular weight excluding hydrogens is 340 g/mol. The molecule has 7 nitrogen and oxygen atoms in total. The van der Waals surface area contributed by atoms with Gasteiger partial charge in [0, 0.05) is 0 Å². The Labute approximate surface area is 153 Å². The van der Waals surface area contributed by atoms with Gasteiger partial charge in [0.1, 0.15) is 0 Å². The van der Waals surface area contributed by atoms with Gasteiger partial charge in [-0.25, -0.2) is 0 Å². The number of carbonyl (C=O) groups is 1. The van der Waals surface area contributed by atoms with Crippen molar-refractivity contribution < 1.29 is 4.79 Å². The fourth-order valence-electron chi connectivity index (χ4n) is 4.03. The van der Waals surface area contributed by atoms with Crippen molar-refractivity contribution in [1.29, 1.82) is 0 Å². The van der Waals surface area contributed by atoms with Crippen molar-refractivity contribution in [2.45, 2.75) is 32.7 Å². The van der Waals surface area contributed by atoms with Crippen molar-refractivity contribution >= 4 is 18.3 Å². The molecule has 4 rings (SSSR count). The first kappa shape index (κ1) is 17.8. The van der Waals surface area contributed by atoms with Crippen molar-refractivity contribution in [3.05, 3.63) is 36.2 Å². The predicted molar refractivity (Wildman–Crippen MR) is 95.5 cm³/mol. The molecule has 25 heavy (non-hydrogen) atoms. The van der Waals surface area contributed by atoms with Crippen LogP contribution in [0.25, 0.3) is 5.69 Å². The molecule has 1 saturated carbocycles. The van der Waals surface area contributed by atoms with E-state index in [1.54, 1.807) is 4.68 Å². The van der Waals surface area contributed by atoms with Crippen molar-refractivity contribution in [2.75, 3.05) is 13.1 Å². The summed E-state index contributed by atoms with van der Waals surface area (Å²) >= 11 is 0. The molecule has 8 heteroatoms. The molecule has 1 spiro atoms. The van der Waals surface area contributed by atoms with Crippen LogP contribution in [0.3, 0.4) is 0 Å². The largest absolute Gasteiger partial charge is 0.348 e. The molecule has 1 unspecified atom stereocenters. The number of piperidine rings is 1. The van der Waals surface area contributed by atoms with Gasteiger partial charge < -0.3 is 10.6 Å². The first-order valence-corrected chi connectivity index (χ1v) is 8.46. The van der Waals surface area contributed by atoms with E-state index in [1.807, 2.05) is 30.3 Å². The van der Waals surface area contributed by atoms with Crippen molar-refractivity contribution in [2.24, 2.45) is 10.8 Å². The van der Waals surface area contributed by atoms with Gasteiger partial charge in [-0.05, 0) is 60.3 Å². The van der Waals surface area contributed by atoms with E-state index in [4.69, 9.17) is 0 Å². The highest BCUT2D eigenvalue weighted by Gasteiger charge is 2.67. The van der Waals surface area contributed by atoms with Crippen LogP contribution in [0.1, 0.15) is 32.0 Å². The van der Waals surface area contributed by atoms with E-state index in [1.165, 1.54) is 0 Å². The monoisotopic (exact) mass is 362 g/mol. The molecule has 1 amide bonds. The average Bonchev–Trinajstić information content (AvgIpc) is 2.99. The summed E-state index contributed by atoms with van der Waals surface area (Å²) in [6.07, 6.45) is 3.15. The molecule has 2 fully saturated rings. The van der Waals surface area contributed by atoms with Gasteiger partial charge in [0.25, 0.3) is 0 Å². The Hall–Kier alpha value is -1.99. The van der Waals surface area contributed by atoms with Crippen LogP contribution in [0.15, 0.2) is 30.3 Å². The summed E-state index contributed by atoms with van der Waals surface area (Å²) in [7, 11) is 0. The summed E-state index contributed by atoms with van der Waals surface area (Å²) in [5, 5.41) is 18.2. The Morgan fingerprint density at radius 1 is 1.28 bits per heavy atom. The third-order valence-corrected chi connectivity index (χ3v) is 5.74. The number of nitrogens with one attached hydrogen (secondary N) is 2. The highest BCUT2D eigenvalue weighted by atomic mass is 35.5. The zero-order chi connectivity index (χ0) is 16.6. The molecule has 2 N–H and O–H groups in total. The number of nitrogens with zero attached hydrogens (tertiary/aromatic N) is 4.